The van der Waals surface area contributed by atoms with Crippen LogP contribution in [-0.4, -0.2) is 22.8 Å². The van der Waals surface area contributed by atoms with Gasteiger partial charge >= 0.3 is 0 Å². The lowest BCUT2D eigenvalue weighted by molar-refractivity contribution is 0.594. The van der Waals surface area contributed by atoms with E-state index >= 15 is 0 Å². The van der Waals surface area contributed by atoms with Gasteiger partial charge in [0.05, 0.1) is 11.4 Å². The van der Waals surface area contributed by atoms with Gasteiger partial charge in [0.2, 0.25) is 0 Å². The van der Waals surface area contributed by atoms with Crippen molar-refractivity contribution in [1.29, 1.82) is 0 Å². The maximum Gasteiger partial charge on any atom is 0.187 e. The first-order valence-corrected chi connectivity index (χ1v) is 6.59. The third kappa shape index (κ3) is 2.16. The Morgan fingerprint density at radius 1 is 1.33 bits per heavy atom. The van der Waals surface area contributed by atoms with E-state index < -0.39 is 0 Å². The molecule has 0 fully saturated rings. The molecule has 0 spiro atoms. The topological polar surface area (TPSA) is 37.8 Å². The molecule has 4 heteroatoms. The molecule has 0 aliphatic carbocycles. The van der Waals surface area contributed by atoms with Gasteiger partial charge in [0, 0.05) is 6.54 Å². The minimum absolute atomic E-state index is 0.491. The molecule has 0 bridgehead atoms. The molecule has 1 aliphatic heterocycles. The molecule has 0 unspecified atom stereocenters. The normalized spacial score (nSPS) is 15.5. The van der Waals surface area contributed by atoms with E-state index in [9.17, 15) is 0 Å². The van der Waals surface area contributed by atoms with Crippen LogP contribution in [0.15, 0.2) is 5.16 Å². The first-order chi connectivity index (χ1) is 7.22. The van der Waals surface area contributed by atoms with Crippen LogP contribution in [-0.2, 0) is 13.0 Å². The summed E-state index contributed by atoms with van der Waals surface area (Å²) >= 11 is 1.62. The summed E-state index contributed by atoms with van der Waals surface area (Å²) in [5.41, 5.74) is 3.82. The van der Waals surface area contributed by atoms with E-state index in [1.807, 2.05) is 6.26 Å². The highest BCUT2D eigenvalue weighted by atomic mass is 32.2. The standard InChI is InChI=1S/C11H17N3S/c1-7(2)10-8-4-5-12-6-9(8)13-11(14-10)15-3/h7,12H,4-6H2,1-3H3. The van der Waals surface area contributed by atoms with Gasteiger partial charge in [-0.1, -0.05) is 25.6 Å². The Morgan fingerprint density at radius 2 is 2.13 bits per heavy atom. The Kier molecular flexibility index (Phi) is 3.26. The van der Waals surface area contributed by atoms with Crippen molar-refractivity contribution in [2.75, 3.05) is 12.8 Å². The average molecular weight is 223 g/mol. The van der Waals surface area contributed by atoms with E-state index in [2.05, 4.69) is 29.1 Å². The Bertz CT molecular complexity index is 363. The largest absolute Gasteiger partial charge is 0.311 e. The molecule has 0 atom stereocenters. The number of aromatic nitrogens is 2. The molecule has 82 valence electrons. The Hall–Kier alpha value is -0.610. The summed E-state index contributed by atoms with van der Waals surface area (Å²) in [4.78, 5) is 9.19. The first-order valence-electron chi connectivity index (χ1n) is 5.36. The molecule has 0 radical (unpaired) electrons. The molecule has 2 rings (SSSR count). The van der Waals surface area contributed by atoms with Gasteiger partial charge in [0.1, 0.15) is 0 Å². The minimum atomic E-state index is 0.491. The smallest absolute Gasteiger partial charge is 0.187 e. The molecule has 0 amide bonds. The lowest BCUT2D eigenvalue weighted by Gasteiger charge is -2.21. The number of nitrogens with zero attached hydrogens (tertiary/aromatic N) is 2. The second-order valence-electron chi connectivity index (χ2n) is 4.10. The number of hydrogen-bond donors (Lipinski definition) is 1. The summed E-state index contributed by atoms with van der Waals surface area (Å²) in [6, 6.07) is 0. The molecule has 1 aromatic rings. The highest BCUT2D eigenvalue weighted by Gasteiger charge is 2.18. The molecule has 0 saturated heterocycles. The molecule has 0 saturated carbocycles. The number of nitrogens with one attached hydrogen (secondary N) is 1. The highest BCUT2D eigenvalue weighted by Crippen LogP contribution is 2.24. The van der Waals surface area contributed by atoms with Gasteiger partial charge < -0.3 is 5.32 Å². The van der Waals surface area contributed by atoms with Crippen molar-refractivity contribution in [3.8, 4) is 0 Å². The number of rotatable bonds is 2. The van der Waals surface area contributed by atoms with Gasteiger partial charge in [-0.25, -0.2) is 9.97 Å². The first kappa shape index (κ1) is 10.9. The summed E-state index contributed by atoms with van der Waals surface area (Å²) in [7, 11) is 0. The summed E-state index contributed by atoms with van der Waals surface area (Å²) < 4.78 is 0. The molecule has 1 aromatic heterocycles. The van der Waals surface area contributed by atoms with Crippen LogP contribution in [0, 0.1) is 0 Å². The summed E-state index contributed by atoms with van der Waals surface area (Å²) in [5, 5.41) is 4.26. The van der Waals surface area contributed by atoms with E-state index in [0.29, 0.717) is 5.92 Å². The fourth-order valence-electron chi connectivity index (χ4n) is 1.93. The zero-order valence-corrected chi connectivity index (χ0v) is 10.3. The van der Waals surface area contributed by atoms with E-state index in [4.69, 9.17) is 0 Å². The Morgan fingerprint density at radius 3 is 2.80 bits per heavy atom. The van der Waals surface area contributed by atoms with Gasteiger partial charge in [0.25, 0.3) is 0 Å². The van der Waals surface area contributed by atoms with Crippen LogP contribution >= 0.6 is 11.8 Å². The van der Waals surface area contributed by atoms with Crippen molar-refractivity contribution in [2.45, 2.75) is 37.9 Å². The van der Waals surface area contributed by atoms with Crippen molar-refractivity contribution in [3.05, 3.63) is 17.0 Å². The van der Waals surface area contributed by atoms with Crippen LogP contribution in [0.2, 0.25) is 0 Å². The second kappa shape index (κ2) is 4.49. The third-order valence-electron chi connectivity index (χ3n) is 2.68. The molecular weight excluding hydrogens is 206 g/mol. The maximum absolute atomic E-state index is 4.63. The molecule has 15 heavy (non-hydrogen) atoms. The maximum atomic E-state index is 4.63. The van der Waals surface area contributed by atoms with Crippen LogP contribution in [0.5, 0.6) is 0 Å². The number of fused-ring (bicyclic) bond motifs is 1. The number of thioether (sulfide) groups is 1. The van der Waals surface area contributed by atoms with E-state index in [1.54, 1.807) is 11.8 Å². The van der Waals surface area contributed by atoms with Crippen molar-refractivity contribution < 1.29 is 0 Å². The fraction of sp³-hybridized carbons (Fsp3) is 0.636. The van der Waals surface area contributed by atoms with Gasteiger partial charge in [-0.2, -0.15) is 0 Å². The Labute approximate surface area is 95.1 Å². The molecule has 3 nitrogen and oxygen atoms in total. The summed E-state index contributed by atoms with van der Waals surface area (Å²) in [6.45, 7) is 6.35. The predicted octanol–water partition coefficient (Wildman–Crippen LogP) is 1.97. The Balaban J connectivity index is 2.50. The van der Waals surface area contributed by atoms with Crippen molar-refractivity contribution in [1.82, 2.24) is 15.3 Å². The molecule has 0 aromatic carbocycles. The van der Waals surface area contributed by atoms with Crippen molar-refractivity contribution in [3.63, 3.8) is 0 Å². The number of hydrogen-bond acceptors (Lipinski definition) is 4. The van der Waals surface area contributed by atoms with Crippen molar-refractivity contribution >= 4 is 11.8 Å². The van der Waals surface area contributed by atoms with Gasteiger partial charge in [0.15, 0.2) is 5.16 Å². The monoisotopic (exact) mass is 223 g/mol. The predicted molar refractivity (Wildman–Crippen MR) is 63.3 cm³/mol. The SMILES string of the molecule is CSc1nc2c(c(C(C)C)n1)CCNC2. The van der Waals surface area contributed by atoms with Crippen molar-refractivity contribution in [2.24, 2.45) is 0 Å². The average Bonchev–Trinajstić information content (AvgIpc) is 2.27. The fourth-order valence-corrected chi connectivity index (χ4v) is 2.33. The van der Waals surface area contributed by atoms with Crippen LogP contribution in [0.3, 0.4) is 0 Å². The zero-order chi connectivity index (χ0) is 10.8. The summed E-state index contributed by atoms with van der Waals surface area (Å²) in [5.74, 6) is 0.491. The summed E-state index contributed by atoms with van der Waals surface area (Å²) in [6.07, 6.45) is 3.10. The third-order valence-corrected chi connectivity index (χ3v) is 3.23. The van der Waals surface area contributed by atoms with Gasteiger partial charge in [-0.05, 0) is 30.7 Å². The van der Waals surface area contributed by atoms with E-state index in [1.165, 1.54) is 17.0 Å². The lowest BCUT2D eigenvalue weighted by atomic mass is 9.98. The van der Waals surface area contributed by atoms with Crippen LogP contribution in [0.4, 0.5) is 0 Å². The van der Waals surface area contributed by atoms with Crippen LogP contribution in [0.25, 0.3) is 0 Å². The van der Waals surface area contributed by atoms with E-state index in [-0.39, 0.29) is 0 Å². The van der Waals surface area contributed by atoms with Gasteiger partial charge in [-0.3, -0.25) is 0 Å². The highest BCUT2D eigenvalue weighted by molar-refractivity contribution is 7.98. The second-order valence-corrected chi connectivity index (χ2v) is 4.88. The lowest BCUT2D eigenvalue weighted by Crippen LogP contribution is -2.27. The molecule has 2 heterocycles. The van der Waals surface area contributed by atoms with Gasteiger partial charge in [-0.15, -0.1) is 0 Å². The van der Waals surface area contributed by atoms with E-state index in [0.717, 1.165) is 24.7 Å². The van der Waals surface area contributed by atoms with Crippen LogP contribution < -0.4 is 5.32 Å². The molecule has 1 N–H and O–H groups in total. The molecule has 1 aliphatic rings. The zero-order valence-electron chi connectivity index (χ0n) is 9.50. The molecular formula is C11H17N3S. The quantitative estimate of drug-likeness (QED) is 0.614. The van der Waals surface area contributed by atoms with Crippen LogP contribution in [0.1, 0.15) is 36.7 Å². The minimum Gasteiger partial charge on any atom is -0.311 e.